The molecule has 1 nitrogen and oxygen atoms in total. The maximum atomic E-state index is 3.90. The van der Waals surface area contributed by atoms with Crippen LogP contribution in [0.15, 0.2) is 30.8 Å². The Labute approximate surface area is 99.9 Å². The van der Waals surface area contributed by atoms with Crippen LogP contribution in [-0.2, 0) is 6.54 Å². The molecule has 1 heterocycles. The molecule has 0 amide bonds. The molecule has 0 saturated carbocycles. The van der Waals surface area contributed by atoms with Gasteiger partial charge in [0.2, 0.25) is 0 Å². The zero-order valence-corrected chi connectivity index (χ0v) is 11.4. The molecule has 86 valence electrons. The first-order valence-corrected chi connectivity index (χ1v) is 9.24. The molecule has 1 fully saturated rings. The van der Waals surface area contributed by atoms with E-state index in [2.05, 4.69) is 48.5 Å². The van der Waals surface area contributed by atoms with Crippen molar-refractivity contribution in [2.24, 2.45) is 0 Å². The number of hydrogen-bond acceptors (Lipinski definition) is 1. The molecule has 0 atom stereocenters. The van der Waals surface area contributed by atoms with E-state index in [0.717, 1.165) is 6.54 Å². The Hall–Kier alpha value is -0.863. The van der Waals surface area contributed by atoms with Gasteiger partial charge in [0.15, 0.2) is 0 Å². The lowest BCUT2D eigenvalue weighted by Gasteiger charge is -2.30. The average Bonchev–Trinajstić information content (AvgIpc) is 2.59. The van der Waals surface area contributed by atoms with Gasteiger partial charge in [0.1, 0.15) is 8.24 Å². The first kappa shape index (κ1) is 11.6. The maximum Gasteiger partial charge on any atom is 0.122 e. The Morgan fingerprint density at radius 2 is 2.12 bits per heavy atom. The van der Waals surface area contributed by atoms with Gasteiger partial charge in [0, 0.05) is 6.54 Å². The molecule has 1 saturated heterocycles. The molecule has 0 bridgehead atoms. The molecular formula is C14H21NSi. The summed E-state index contributed by atoms with van der Waals surface area (Å²) < 4.78 is 2.72. The predicted molar refractivity (Wildman–Crippen MR) is 73.8 cm³/mol. The smallest absolute Gasteiger partial charge is 0.122 e. The van der Waals surface area contributed by atoms with Gasteiger partial charge >= 0.3 is 0 Å². The van der Waals surface area contributed by atoms with Crippen molar-refractivity contribution in [1.29, 1.82) is 0 Å². The molecule has 0 aromatic heterocycles. The van der Waals surface area contributed by atoms with Gasteiger partial charge in [-0.25, -0.2) is 0 Å². The first-order valence-electron chi connectivity index (χ1n) is 6.09. The number of rotatable bonds is 3. The van der Waals surface area contributed by atoms with Gasteiger partial charge < -0.3 is 4.57 Å². The van der Waals surface area contributed by atoms with E-state index in [1.165, 1.54) is 30.1 Å². The van der Waals surface area contributed by atoms with Crippen LogP contribution in [0.25, 0.3) is 6.08 Å². The van der Waals surface area contributed by atoms with Crippen LogP contribution in [-0.4, -0.2) is 19.3 Å². The van der Waals surface area contributed by atoms with Gasteiger partial charge in [-0.05, 0) is 30.1 Å². The van der Waals surface area contributed by atoms with Gasteiger partial charge in [0.05, 0.1) is 0 Å². The summed E-state index contributed by atoms with van der Waals surface area (Å²) in [5.74, 6) is 0. The minimum Gasteiger partial charge on any atom is -0.320 e. The summed E-state index contributed by atoms with van der Waals surface area (Å²) in [6.45, 7) is 11.3. The summed E-state index contributed by atoms with van der Waals surface area (Å²) in [6.07, 6.45) is 3.36. The topological polar surface area (TPSA) is 3.24 Å². The fourth-order valence-corrected chi connectivity index (χ4v) is 5.24. The van der Waals surface area contributed by atoms with Crippen LogP contribution in [0.2, 0.25) is 19.1 Å². The zero-order valence-electron chi connectivity index (χ0n) is 10.4. The van der Waals surface area contributed by atoms with E-state index in [0.29, 0.717) is 0 Å². The Morgan fingerprint density at radius 1 is 1.38 bits per heavy atom. The fourth-order valence-electron chi connectivity index (χ4n) is 2.54. The Bertz CT molecular complexity index is 384. The highest BCUT2D eigenvalue weighted by molar-refractivity contribution is 6.75. The minimum absolute atomic E-state index is 1.09. The Kier molecular flexibility index (Phi) is 3.31. The van der Waals surface area contributed by atoms with E-state index in [1.807, 2.05) is 6.08 Å². The van der Waals surface area contributed by atoms with Crippen LogP contribution < -0.4 is 0 Å². The highest BCUT2D eigenvalue weighted by atomic mass is 28.3. The Morgan fingerprint density at radius 3 is 2.75 bits per heavy atom. The van der Waals surface area contributed by atoms with E-state index in [4.69, 9.17) is 0 Å². The van der Waals surface area contributed by atoms with Crippen LogP contribution >= 0.6 is 0 Å². The van der Waals surface area contributed by atoms with Gasteiger partial charge in [-0.3, -0.25) is 0 Å². The van der Waals surface area contributed by atoms with Gasteiger partial charge in [-0.2, -0.15) is 0 Å². The standard InChI is InChI=1S/C14H21NSi/c1-4-13-8-5-6-9-14(13)12-15-10-7-11-16(15,2)3/h4-6,8-9H,1,7,10-12H2,2-3H3. The molecule has 1 aromatic carbocycles. The molecule has 0 N–H and O–H groups in total. The SMILES string of the molecule is C=Cc1ccccc1CN1CCC[Si]1(C)C. The normalized spacial score (nSPS) is 19.9. The van der Waals surface area contributed by atoms with E-state index < -0.39 is 8.24 Å². The zero-order chi connectivity index (χ0) is 11.6. The summed E-state index contributed by atoms with van der Waals surface area (Å²) in [7, 11) is -1.09. The number of nitrogens with zero attached hydrogens (tertiary/aromatic N) is 1. The van der Waals surface area contributed by atoms with Crippen LogP contribution in [0, 0.1) is 0 Å². The quantitative estimate of drug-likeness (QED) is 0.716. The molecule has 1 aliphatic heterocycles. The van der Waals surface area contributed by atoms with Gasteiger partial charge in [-0.1, -0.05) is 50.0 Å². The molecule has 2 rings (SSSR count). The van der Waals surface area contributed by atoms with Crippen LogP contribution in [0.1, 0.15) is 17.5 Å². The second-order valence-corrected chi connectivity index (χ2v) is 10.00. The third-order valence-corrected chi connectivity index (χ3v) is 7.38. The van der Waals surface area contributed by atoms with Crippen molar-refractivity contribution >= 4 is 14.3 Å². The lowest BCUT2D eigenvalue weighted by molar-refractivity contribution is 0.452. The number of hydrogen-bond donors (Lipinski definition) is 0. The van der Waals surface area contributed by atoms with Crippen LogP contribution in [0.5, 0.6) is 0 Å². The van der Waals surface area contributed by atoms with Crippen LogP contribution in [0.3, 0.4) is 0 Å². The third kappa shape index (κ3) is 2.28. The molecule has 0 spiro atoms. The van der Waals surface area contributed by atoms with E-state index >= 15 is 0 Å². The summed E-state index contributed by atoms with van der Waals surface area (Å²) in [5.41, 5.74) is 2.72. The molecule has 2 heteroatoms. The Balaban J connectivity index is 2.17. The second-order valence-electron chi connectivity index (χ2n) is 5.24. The molecule has 0 aliphatic carbocycles. The summed E-state index contributed by atoms with van der Waals surface area (Å²) in [4.78, 5) is 0. The van der Waals surface area contributed by atoms with Crippen LogP contribution in [0.4, 0.5) is 0 Å². The van der Waals surface area contributed by atoms with Gasteiger partial charge in [0.25, 0.3) is 0 Å². The molecule has 16 heavy (non-hydrogen) atoms. The predicted octanol–water partition coefficient (Wildman–Crippen LogP) is 3.74. The lowest BCUT2D eigenvalue weighted by atomic mass is 10.1. The van der Waals surface area contributed by atoms with Crippen molar-refractivity contribution in [3.8, 4) is 0 Å². The van der Waals surface area contributed by atoms with Crippen molar-refractivity contribution in [2.45, 2.75) is 32.1 Å². The fraction of sp³-hybridized carbons (Fsp3) is 0.429. The van der Waals surface area contributed by atoms with Crippen molar-refractivity contribution < 1.29 is 0 Å². The molecule has 0 radical (unpaired) electrons. The third-order valence-electron chi connectivity index (χ3n) is 3.71. The highest BCUT2D eigenvalue weighted by Gasteiger charge is 2.34. The molecule has 0 unspecified atom stereocenters. The first-order chi connectivity index (χ1) is 7.63. The lowest BCUT2D eigenvalue weighted by Crippen LogP contribution is -2.42. The monoisotopic (exact) mass is 231 g/mol. The maximum absolute atomic E-state index is 3.90. The van der Waals surface area contributed by atoms with E-state index in [9.17, 15) is 0 Å². The van der Waals surface area contributed by atoms with E-state index in [1.54, 1.807) is 0 Å². The number of benzene rings is 1. The van der Waals surface area contributed by atoms with Crippen molar-refractivity contribution in [1.82, 2.24) is 4.57 Å². The van der Waals surface area contributed by atoms with Crippen molar-refractivity contribution in [3.05, 3.63) is 42.0 Å². The molecular weight excluding hydrogens is 210 g/mol. The van der Waals surface area contributed by atoms with Gasteiger partial charge in [-0.15, -0.1) is 0 Å². The summed E-state index contributed by atoms with van der Waals surface area (Å²) in [5, 5.41) is 0. The largest absolute Gasteiger partial charge is 0.320 e. The average molecular weight is 231 g/mol. The van der Waals surface area contributed by atoms with Crippen molar-refractivity contribution in [3.63, 3.8) is 0 Å². The van der Waals surface area contributed by atoms with Crippen molar-refractivity contribution in [2.75, 3.05) is 6.54 Å². The second kappa shape index (κ2) is 4.56. The minimum atomic E-state index is -1.09. The van der Waals surface area contributed by atoms with E-state index in [-0.39, 0.29) is 0 Å². The molecule has 1 aromatic rings. The molecule has 1 aliphatic rings. The summed E-state index contributed by atoms with van der Waals surface area (Å²) >= 11 is 0. The summed E-state index contributed by atoms with van der Waals surface area (Å²) in [6, 6.07) is 10.1. The highest BCUT2D eigenvalue weighted by Crippen LogP contribution is 2.28.